The van der Waals surface area contributed by atoms with Crippen molar-refractivity contribution in [2.75, 3.05) is 0 Å². The lowest BCUT2D eigenvalue weighted by atomic mass is 9.86. The van der Waals surface area contributed by atoms with Crippen LogP contribution in [0.4, 0.5) is 0 Å². The normalized spacial score (nSPS) is 22.9. The maximum atomic E-state index is 8.20. The molecule has 4 heteroatoms. The topological polar surface area (TPSA) is 36.2 Å². The average molecular weight is 336 g/mol. The Morgan fingerprint density at radius 3 is 2.57 bits per heavy atom. The molecular weight excluding hydrogens is 320 g/mol. The third kappa shape index (κ3) is 2.62. The average Bonchev–Trinajstić information content (AvgIpc) is 2.97. The van der Waals surface area contributed by atoms with Crippen molar-refractivity contribution in [3.05, 3.63) is 82.8 Å². The maximum absolute atomic E-state index is 8.20. The number of hydrogen-bond donors (Lipinski definition) is 1. The fraction of sp³-hybridized carbons (Fsp3) is 0.105. The van der Waals surface area contributed by atoms with Crippen LogP contribution in [0.15, 0.2) is 81.6 Å². The van der Waals surface area contributed by atoms with E-state index in [0.29, 0.717) is 0 Å². The van der Waals surface area contributed by atoms with Crippen LogP contribution in [-0.2, 0) is 9.72 Å². The number of fused-ring (bicyclic) bond motifs is 1. The Morgan fingerprint density at radius 1 is 1.00 bits per heavy atom. The summed E-state index contributed by atoms with van der Waals surface area (Å²) in [5, 5.41) is 0. The first-order valence-electron chi connectivity index (χ1n) is 7.50. The summed E-state index contributed by atoms with van der Waals surface area (Å²) in [5.74, 6) is 0.208. The smallest absolute Gasteiger partial charge is 0.0901 e. The highest BCUT2D eigenvalue weighted by Gasteiger charge is 2.27. The van der Waals surface area contributed by atoms with E-state index in [-0.39, 0.29) is 5.92 Å². The largest absolute Gasteiger partial charge is 0.263 e. The number of rotatable bonds is 2. The van der Waals surface area contributed by atoms with Gasteiger partial charge in [0.05, 0.1) is 21.6 Å². The van der Waals surface area contributed by atoms with Crippen LogP contribution in [0.1, 0.15) is 18.4 Å². The second-order valence-electron chi connectivity index (χ2n) is 5.64. The lowest BCUT2D eigenvalue weighted by Crippen LogP contribution is -2.11. The zero-order valence-electron chi connectivity index (χ0n) is 12.7. The van der Waals surface area contributed by atoms with Crippen molar-refractivity contribution < 1.29 is 0 Å². The molecule has 4 rings (SSSR count). The van der Waals surface area contributed by atoms with Crippen LogP contribution in [0.25, 0.3) is 11.1 Å². The monoisotopic (exact) mass is 336 g/mol. The highest BCUT2D eigenvalue weighted by Crippen LogP contribution is 2.40. The molecule has 2 nitrogen and oxygen atoms in total. The molecule has 0 bridgehead atoms. The van der Waals surface area contributed by atoms with Gasteiger partial charge >= 0.3 is 0 Å². The molecule has 1 N–H and O–H groups in total. The van der Waals surface area contributed by atoms with E-state index in [1.165, 1.54) is 33.2 Å². The zero-order valence-corrected chi connectivity index (χ0v) is 14.3. The molecule has 23 heavy (non-hydrogen) atoms. The first kappa shape index (κ1) is 14.7. The molecule has 0 amide bonds. The molecule has 2 unspecified atom stereocenters. The Kier molecular flexibility index (Phi) is 3.79. The predicted molar refractivity (Wildman–Crippen MR) is 102 cm³/mol. The van der Waals surface area contributed by atoms with E-state index < -0.39 is 9.72 Å². The molecule has 0 spiro atoms. The van der Waals surface area contributed by atoms with Gasteiger partial charge in [0.1, 0.15) is 0 Å². The van der Waals surface area contributed by atoms with Gasteiger partial charge in [-0.2, -0.15) is 0 Å². The maximum Gasteiger partial charge on any atom is 0.0901 e. The fourth-order valence-electron chi connectivity index (χ4n) is 3.06. The van der Waals surface area contributed by atoms with Crippen LogP contribution in [0.3, 0.4) is 0 Å². The summed E-state index contributed by atoms with van der Waals surface area (Å²) in [6.45, 7) is 2.10. The van der Waals surface area contributed by atoms with Crippen molar-refractivity contribution in [3.63, 3.8) is 0 Å². The van der Waals surface area contributed by atoms with Crippen LogP contribution in [0.5, 0.6) is 0 Å². The lowest BCUT2D eigenvalue weighted by Gasteiger charge is -2.20. The van der Waals surface area contributed by atoms with Crippen molar-refractivity contribution in [2.24, 2.45) is 4.40 Å². The van der Waals surface area contributed by atoms with Crippen molar-refractivity contribution >= 4 is 26.4 Å². The minimum absolute atomic E-state index is 0.208. The van der Waals surface area contributed by atoms with Crippen LogP contribution >= 0.6 is 11.0 Å². The van der Waals surface area contributed by atoms with Gasteiger partial charge in [-0.3, -0.25) is 4.78 Å². The molecule has 2 aliphatic rings. The van der Waals surface area contributed by atoms with Crippen molar-refractivity contribution in [2.45, 2.75) is 12.8 Å². The number of nitrogens with one attached hydrogen (secondary N) is 1. The van der Waals surface area contributed by atoms with Gasteiger partial charge < -0.3 is 0 Å². The Morgan fingerprint density at radius 2 is 1.74 bits per heavy atom. The molecule has 114 valence electrons. The van der Waals surface area contributed by atoms with Crippen LogP contribution < -0.4 is 0 Å². The van der Waals surface area contributed by atoms with Crippen LogP contribution in [0.2, 0.25) is 0 Å². The quantitative estimate of drug-likeness (QED) is 0.556. The van der Waals surface area contributed by atoms with E-state index in [9.17, 15) is 0 Å². The third-order valence-corrected chi connectivity index (χ3v) is 6.52. The molecule has 2 atom stereocenters. The molecule has 1 aliphatic heterocycles. The van der Waals surface area contributed by atoms with Gasteiger partial charge in [0, 0.05) is 15.6 Å². The van der Waals surface area contributed by atoms with Gasteiger partial charge in [0.2, 0.25) is 0 Å². The van der Waals surface area contributed by atoms with Gasteiger partial charge in [-0.25, -0.2) is 4.40 Å². The Hall–Kier alpha value is -1.91. The second kappa shape index (κ2) is 5.95. The number of nitrogens with zero attached hydrogens (tertiary/aromatic N) is 1. The van der Waals surface area contributed by atoms with Gasteiger partial charge in [0.25, 0.3) is 0 Å². The van der Waals surface area contributed by atoms with Crippen LogP contribution in [-0.4, -0.2) is 5.71 Å². The second-order valence-corrected chi connectivity index (χ2v) is 8.40. The number of benzene rings is 2. The summed E-state index contributed by atoms with van der Waals surface area (Å²) in [4.78, 5) is 1.09. The minimum Gasteiger partial charge on any atom is -0.263 e. The molecule has 0 aromatic heterocycles. The van der Waals surface area contributed by atoms with E-state index in [1.54, 1.807) is 0 Å². The minimum atomic E-state index is -0.572. The van der Waals surface area contributed by atoms with Gasteiger partial charge in [-0.05, 0) is 29.2 Å². The summed E-state index contributed by atoms with van der Waals surface area (Å²) in [6.07, 6.45) is 4.50. The van der Waals surface area contributed by atoms with E-state index in [4.69, 9.17) is 4.78 Å². The van der Waals surface area contributed by atoms with Crippen molar-refractivity contribution in [1.82, 2.24) is 0 Å². The van der Waals surface area contributed by atoms with E-state index in [0.717, 1.165) is 10.6 Å². The zero-order chi connectivity index (χ0) is 15.8. The SMILES string of the molecule is CC1=CC(c2ccccc2-c2ccccc2)C=C2C1=NSS2=N. The van der Waals surface area contributed by atoms with Gasteiger partial charge in [0.15, 0.2) is 0 Å². The highest BCUT2D eigenvalue weighted by molar-refractivity contribution is 8.71. The van der Waals surface area contributed by atoms with Gasteiger partial charge in [-0.1, -0.05) is 66.7 Å². The van der Waals surface area contributed by atoms with Crippen LogP contribution in [0, 0.1) is 4.78 Å². The van der Waals surface area contributed by atoms with E-state index in [2.05, 4.69) is 72.0 Å². The predicted octanol–water partition coefficient (Wildman–Crippen LogP) is 5.68. The Balaban J connectivity index is 1.84. The highest BCUT2D eigenvalue weighted by atomic mass is 33.1. The summed E-state index contributed by atoms with van der Waals surface area (Å²) >= 11 is 0. The first-order chi connectivity index (χ1) is 11.2. The molecule has 0 saturated carbocycles. The van der Waals surface area contributed by atoms with Gasteiger partial charge in [-0.15, -0.1) is 0 Å². The van der Waals surface area contributed by atoms with Crippen molar-refractivity contribution in [3.8, 4) is 11.1 Å². The number of allylic oxidation sites excluding steroid dienone is 4. The molecule has 2 aromatic carbocycles. The molecule has 2 aromatic rings. The summed E-state index contributed by atoms with van der Waals surface area (Å²) in [6, 6.07) is 19.1. The molecule has 1 heterocycles. The molecule has 1 aliphatic carbocycles. The van der Waals surface area contributed by atoms with E-state index >= 15 is 0 Å². The van der Waals surface area contributed by atoms with Crippen molar-refractivity contribution in [1.29, 1.82) is 4.78 Å². The third-order valence-electron chi connectivity index (χ3n) is 4.17. The number of hydrogen-bond acceptors (Lipinski definition) is 3. The summed E-state index contributed by atoms with van der Waals surface area (Å²) in [7, 11) is 0.805. The molecule has 0 radical (unpaired) electrons. The summed E-state index contributed by atoms with van der Waals surface area (Å²) in [5.41, 5.74) is 5.98. The Bertz CT molecular complexity index is 879. The summed E-state index contributed by atoms with van der Waals surface area (Å²) < 4.78 is 12.6. The lowest BCUT2D eigenvalue weighted by molar-refractivity contribution is 1.06. The Labute approximate surface area is 142 Å². The first-order valence-corrected chi connectivity index (χ1v) is 10.0. The molecular formula is C19H16N2S2. The standard InChI is InChI=1S/C19H16N2S2/c1-13-11-15(12-18-19(13)21-22-23(18)20)17-10-6-5-9-16(17)14-7-3-2-4-8-14/h2-12,15,20H,1H3. The molecule has 0 saturated heterocycles. The molecule has 0 fully saturated rings. The fourth-order valence-corrected chi connectivity index (χ4v) is 5.34. The van der Waals surface area contributed by atoms with E-state index in [1.807, 2.05) is 6.07 Å².